The van der Waals surface area contributed by atoms with Crippen LogP contribution in [0.1, 0.15) is 29.1 Å². The molecule has 9 nitrogen and oxygen atoms in total. The maximum Gasteiger partial charge on any atom is 0.293 e. The molecule has 0 saturated carbocycles. The number of rotatable bonds is 7. The Labute approximate surface area is 188 Å². The van der Waals surface area contributed by atoms with Crippen LogP contribution in [0.25, 0.3) is 0 Å². The zero-order chi connectivity index (χ0) is 22.5. The monoisotopic (exact) mass is 453 g/mol. The van der Waals surface area contributed by atoms with Gasteiger partial charge >= 0.3 is 0 Å². The normalized spacial score (nSPS) is 14.2. The molecule has 4 rings (SSSR count). The number of thiazole rings is 1. The van der Waals surface area contributed by atoms with Crippen LogP contribution in [0, 0.1) is 5.92 Å². The number of anilines is 3. The van der Waals surface area contributed by atoms with Crippen molar-refractivity contribution in [2.75, 3.05) is 28.6 Å². The van der Waals surface area contributed by atoms with Crippen LogP contribution >= 0.6 is 11.3 Å². The highest BCUT2D eigenvalue weighted by Gasteiger charge is 2.23. The Morgan fingerprint density at radius 3 is 2.53 bits per heavy atom. The first-order valence-corrected chi connectivity index (χ1v) is 11.1. The number of nitrogens with one attached hydrogen (secondary N) is 2. The van der Waals surface area contributed by atoms with Gasteiger partial charge in [-0.15, -0.1) is 11.3 Å². The maximum absolute atomic E-state index is 12.4. The number of carbonyl (C=O) groups excluding carboxylic acids is 3. The number of amides is 3. The van der Waals surface area contributed by atoms with Gasteiger partial charge in [-0.2, -0.15) is 0 Å². The number of hydrogen-bond acceptors (Lipinski definition) is 7. The fourth-order valence-electron chi connectivity index (χ4n) is 3.56. The van der Waals surface area contributed by atoms with Crippen LogP contribution in [0.15, 0.2) is 52.5 Å². The molecule has 4 N–H and O–H groups in total. The van der Waals surface area contributed by atoms with Gasteiger partial charge in [0.1, 0.15) is 0 Å². The van der Waals surface area contributed by atoms with E-state index >= 15 is 0 Å². The molecule has 166 valence electrons. The van der Waals surface area contributed by atoms with Crippen LogP contribution in [-0.4, -0.2) is 35.8 Å². The third-order valence-electron chi connectivity index (χ3n) is 5.27. The molecule has 1 fully saturated rings. The first kappa shape index (κ1) is 21.6. The van der Waals surface area contributed by atoms with E-state index in [0.717, 1.165) is 31.6 Å². The predicted molar refractivity (Wildman–Crippen MR) is 122 cm³/mol. The van der Waals surface area contributed by atoms with Crippen molar-refractivity contribution < 1.29 is 18.8 Å². The number of aromatic nitrogens is 1. The summed E-state index contributed by atoms with van der Waals surface area (Å²) >= 11 is 1.24. The van der Waals surface area contributed by atoms with Crippen LogP contribution in [-0.2, 0) is 16.0 Å². The molecule has 10 heteroatoms. The topological polar surface area (TPSA) is 131 Å². The second-order valence-corrected chi connectivity index (χ2v) is 8.37. The zero-order valence-electron chi connectivity index (χ0n) is 17.2. The second kappa shape index (κ2) is 9.65. The van der Waals surface area contributed by atoms with Gasteiger partial charge in [0.25, 0.3) is 5.91 Å². The molecular weight excluding hydrogens is 430 g/mol. The lowest BCUT2D eigenvalue weighted by atomic mass is 9.96. The molecule has 1 aromatic carbocycles. The summed E-state index contributed by atoms with van der Waals surface area (Å²) in [5.74, 6) is -0.668. The Balaban J connectivity index is 1.27. The smallest absolute Gasteiger partial charge is 0.293 e. The first-order valence-electron chi connectivity index (χ1n) is 10.2. The standard InChI is InChI=1S/C22H23N5O4S/c23-20(29)14-7-9-27(10-8-14)17-5-3-15(4-6-17)24-19(28)12-16-13-32-22(25-16)26-21(30)18-2-1-11-31-18/h1-6,11,13-14H,7-10,12H2,(H2,23,29)(H,24,28)(H,25,26,30). The van der Waals surface area contributed by atoms with Gasteiger partial charge in [-0.1, -0.05) is 0 Å². The van der Waals surface area contributed by atoms with Crippen molar-refractivity contribution in [3.63, 3.8) is 0 Å². The van der Waals surface area contributed by atoms with E-state index in [1.54, 1.807) is 17.5 Å². The van der Waals surface area contributed by atoms with Gasteiger partial charge in [0, 0.05) is 35.8 Å². The lowest BCUT2D eigenvalue weighted by Crippen LogP contribution is -2.38. The highest BCUT2D eigenvalue weighted by Crippen LogP contribution is 2.25. The minimum atomic E-state index is -0.390. The van der Waals surface area contributed by atoms with E-state index in [-0.39, 0.29) is 35.8 Å². The molecule has 1 aliphatic heterocycles. The molecular formula is C22H23N5O4S. The number of primary amides is 1. The summed E-state index contributed by atoms with van der Waals surface area (Å²) in [6.07, 6.45) is 3.03. The van der Waals surface area contributed by atoms with Gasteiger partial charge < -0.3 is 20.4 Å². The largest absolute Gasteiger partial charge is 0.459 e. The van der Waals surface area contributed by atoms with Crippen molar-refractivity contribution in [3.05, 3.63) is 59.5 Å². The van der Waals surface area contributed by atoms with Crippen LogP contribution in [0.3, 0.4) is 0 Å². The van der Waals surface area contributed by atoms with Crippen molar-refractivity contribution in [1.29, 1.82) is 0 Å². The maximum atomic E-state index is 12.4. The van der Waals surface area contributed by atoms with E-state index in [2.05, 4.69) is 20.5 Å². The minimum absolute atomic E-state index is 0.0468. The second-order valence-electron chi connectivity index (χ2n) is 7.51. The number of benzene rings is 1. The van der Waals surface area contributed by atoms with Crippen molar-refractivity contribution in [3.8, 4) is 0 Å². The summed E-state index contributed by atoms with van der Waals surface area (Å²) in [7, 11) is 0. The number of carbonyl (C=O) groups is 3. The van der Waals surface area contributed by atoms with Gasteiger partial charge in [0.2, 0.25) is 11.8 Å². The lowest BCUT2D eigenvalue weighted by Gasteiger charge is -2.32. The van der Waals surface area contributed by atoms with Crippen molar-refractivity contribution >= 4 is 45.6 Å². The number of nitrogens with two attached hydrogens (primary N) is 1. The molecule has 1 saturated heterocycles. The highest BCUT2D eigenvalue weighted by atomic mass is 32.1. The Morgan fingerprint density at radius 2 is 1.88 bits per heavy atom. The fraction of sp³-hybridized carbons (Fsp3) is 0.273. The summed E-state index contributed by atoms with van der Waals surface area (Å²) in [5.41, 5.74) is 7.69. The Bertz CT molecular complexity index is 1090. The van der Waals surface area contributed by atoms with Crippen LogP contribution in [0.2, 0.25) is 0 Å². The van der Waals surface area contributed by atoms with Gasteiger partial charge in [-0.3, -0.25) is 19.7 Å². The molecule has 0 atom stereocenters. The zero-order valence-corrected chi connectivity index (χ0v) is 18.1. The SMILES string of the molecule is NC(=O)C1CCN(c2ccc(NC(=O)Cc3csc(NC(=O)c4ccco4)n3)cc2)CC1. The Morgan fingerprint density at radius 1 is 1.12 bits per heavy atom. The first-order chi connectivity index (χ1) is 15.5. The van der Waals surface area contributed by atoms with Crippen LogP contribution < -0.4 is 21.3 Å². The average molecular weight is 454 g/mol. The van der Waals surface area contributed by atoms with Crippen LogP contribution in [0.4, 0.5) is 16.5 Å². The van der Waals surface area contributed by atoms with Crippen molar-refractivity contribution in [2.24, 2.45) is 11.7 Å². The van der Waals surface area contributed by atoms with Gasteiger partial charge in [0.05, 0.1) is 18.4 Å². The molecule has 0 spiro atoms. The number of hydrogen-bond donors (Lipinski definition) is 3. The molecule has 0 radical (unpaired) electrons. The fourth-order valence-corrected chi connectivity index (χ4v) is 4.26. The summed E-state index contributed by atoms with van der Waals surface area (Å²) in [6.45, 7) is 1.56. The minimum Gasteiger partial charge on any atom is -0.459 e. The van der Waals surface area contributed by atoms with Crippen LogP contribution in [0.5, 0.6) is 0 Å². The van der Waals surface area contributed by atoms with Crippen molar-refractivity contribution in [2.45, 2.75) is 19.3 Å². The molecule has 1 aliphatic rings. The highest BCUT2D eigenvalue weighted by molar-refractivity contribution is 7.14. The van der Waals surface area contributed by atoms with Gasteiger partial charge in [-0.25, -0.2) is 4.98 Å². The molecule has 0 bridgehead atoms. The van der Waals surface area contributed by atoms with Crippen molar-refractivity contribution in [1.82, 2.24) is 4.98 Å². The molecule has 0 aliphatic carbocycles. The molecule has 3 heterocycles. The molecule has 0 unspecified atom stereocenters. The quantitative estimate of drug-likeness (QED) is 0.504. The number of nitrogens with zero attached hydrogens (tertiary/aromatic N) is 2. The number of furan rings is 1. The van der Waals surface area contributed by atoms with E-state index in [4.69, 9.17) is 10.2 Å². The van der Waals surface area contributed by atoms with E-state index in [9.17, 15) is 14.4 Å². The summed E-state index contributed by atoms with van der Waals surface area (Å²) < 4.78 is 5.05. The summed E-state index contributed by atoms with van der Waals surface area (Å²) in [5, 5.41) is 7.64. The third kappa shape index (κ3) is 5.33. The molecule has 32 heavy (non-hydrogen) atoms. The van der Waals surface area contributed by atoms with E-state index in [1.807, 2.05) is 24.3 Å². The summed E-state index contributed by atoms with van der Waals surface area (Å²) in [4.78, 5) is 42.2. The Kier molecular flexibility index (Phi) is 6.50. The lowest BCUT2D eigenvalue weighted by molar-refractivity contribution is -0.122. The predicted octanol–water partition coefficient (Wildman–Crippen LogP) is 2.87. The van der Waals surface area contributed by atoms with E-state index in [1.165, 1.54) is 17.6 Å². The summed E-state index contributed by atoms with van der Waals surface area (Å²) in [6, 6.07) is 10.8. The van der Waals surface area contributed by atoms with E-state index in [0.29, 0.717) is 16.5 Å². The number of piperidine rings is 1. The molecule has 3 amide bonds. The Hall–Kier alpha value is -3.66. The third-order valence-corrected chi connectivity index (χ3v) is 6.08. The van der Waals surface area contributed by atoms with E-state index < -0.39 is 0 Å². The van der Waals surface area contributed by atoms with Gasteiger partial charge in [0.15, 0.2) is 10.9 Å². The molecule has 3 aromatic rings. The van der Waals surface area contributed by atoms with Gasteiger partial charge in [-0.05, 0) is 49.2 Å². The average Bonchev–Trinajstić information content (AvgIpc) is 3.47. The molecule has 2 aromatic heterocycles.